The molecule has 1 aliphatic heterocycles. The number of carbonyl (C=O) groups excluding carboxylic acids is 1. The van der Waals surface area contributed by atoms with Gasteiger partial charge in [0.2, 0.25) is 5.91 Å². The van der Waals surface area contributed by atoms with Gasteiger partial charge in [0.25, 0.3) is 0 Å². The van der Waals surface area contributed by atoms with Gasteiger partial charge in [0.15, 0.2) is 0 Å². The van der Waals surface area contributed by atoms with Crippen molar-refractivity contribution in [1.82, 2.24) is 24.6 Å². The van der Waals surface area contributed by atoms with Crippen molar-refractivity contribution in [2.75, 3.05) is 39.9 Å². The first-order chi connectivity index (χ1) is 11.7. The topological polar surface area (TPSA) is 63.5 Å². The highest BCUT2D eigenvalue weighted by atomic mass is 16.5. The molecule has 1 aliphatic rings. The molecule has 1 saturated heterocycles. The van der Waals surface area contributed by atoms with Gasteiger partial charge in [-0.3, -0.25) is 19.4 Å². The van der Waals surface area contributed by atoms with Crippen LogP contribution in [0.1, 0.15) is 5.69 Å². The second kappa shape index (κ2) is 7.55. The fraction of sp³-hybridized carbons (Fsp3) is 0.471. The predicted octanol–water partition coefficient (Wildman–Crippen LogP) is 0.773. The lowest BCUT2D eigenvalue weighted by atomic mass is 10.2. The molecule has 0 bridgehead atoms. The molecule has 2 aromatic heterocycles. The van der Waals surface area contributed by atoms with E-state index in [1.807, 2.05) is 35.0 Å². The van der Waals surface area contributed by atoms with Crippen LogP contribution in [-0.4, -0.2) is 70.4 Å². The van der Waals surface area contributed by atoms with Crippen LogP contribution in [0.3, 0.4) is 0 Å². The third kappa shape index (κ3) is 3.80. The third-order valence-electron chi connectivity index (χ3n) is 4.31. The number of aryl methyl sites for hydroxylation is 1. The zero-order chi connectivity index (χ0) is 16.9. The van der Waals surface area contributed by atoms with Crippen LogP contribution in [0.25, 0.3) is 11.3 Å². The molecule has 0 aromatic carbocycles. The molecule has 0 aliphatic carbocycles. The maximum Gasteiger partial charge on any atom is 0.248 e. The molecule has 0 radical (unpaired) electrons. The molecule has 7 nitrogen and oxygen atoms in total. The standard InChI is InChI=1S/C17H23N5O2/c1-20-15(10-16(19-20)14-4-3-5-18-11-14)12-21-6-8-22(9-7-21)17(23)13-24-2/h3-5,10-11H,6-9,12-13H2,1-2H3. The molecule has 0 saturated carbocycles. The quantitative estimate of drug-likeness (QED) is 0.811. The summed E-state index contributed by atoms with van der Waals surface area (Å²) < 4.78 is 6.84. The van der Waals surface area contributed by atoms with Gasteiger partial charge in [-0.15, -0.1) is 0 Å². The molecule has 2 aromatic rings. The number of methoxy groups -OCH3 is 1. The van der Waals surface area contributed by atoms with E-state index in [2.05, 4.69) is 21.0 Å². The molecule has 1 fully saturated rings. The smallest absolute Gasteiger partial charge is 0.248 e. The van der Waals surface area contributed by atoms with Gasteiger partial charge >= 0.3 is 0 Å². The Labute approximate surface area is 141 Å². The minimum atomic E-state index is 0.0662. The number of ether oxygens (including phenoxy) is 1. The molecule has 24 heavy (non-hydrogen) atoms. The highest BCUT2D eigenvalue weighted by Gasteiger charge is 2.21. The van der Waals surface area contributed by atoms with Gasteiger partial charge in [-0.05, 0) is 18.2 Å². The summed E-state index contributed by atoms with van der Waals surface area (Å²) in [5, 5.41) is 4.58. The fourth-order valence-corrected chi connectivity index (χ4v) is 2.91. The molecule has 0 spiro atoms. The van der Waals surface area contributed by atoms with Gasteiger partial charge in [0.05, 0.1) is 11.4 Å². The van der Waals surface area contributed by atoms with E-state index in [1.165, 1.54) is 0 Å². The number of pyridine rings is 1. The number of amides is 1. The largest absolute Gasteiger partial charge is 0.375 e. The highest BCUT2D eigenvalue weighted by Crippen LogP contribution is 2.18. The Morgan fingerprint density at radius 2 is 2.08 bits per heavy atom. The van der Waals surface area contributed by atoms with Crippen molar-refractivity contribution in [2.24, 2.45) is 7.05 Å². The monoisotopic (exact) mass is 329 g/mol. The Morgan fingerprint density at radius 1 is 1.29 bits per heavy atom. The summed E-state index contributed by atoms with van der Waals surface area (Å²) in [6, 6.07) is 6.04. The first-order valence-corrected chi connectivity index (χ1v) is 8.10. The van der Waals surface area contributed by atoms with Crippen molar-refractivity contribution in [3.63, 3.8) is 0 Å². The summed E-state index contributed by atoms with van der Waals surface area (Å²) in [6.07, 6.45) is 3.59. The Kier molecular flexibility index (Phi) is 5.22. The molecule has 3 rings (SSSR count). The summed E-state index contributed by atoms with van der Waals surface area (Å²) >= 11 is 0. The highest BCUT2D eigenvalue weighted by molar-refractivity contribution is 5.77. The van der Waals surface area contributed by atoms with E-state index in [0.29, 0.717) is 0 Å². The Morgan fingerprint density at radius 3 is 2.75 bits per heavy atom. The number of nitrogens with zero attached hydrogens (tertiary/aromatic N) is 5. The van der Waals surface area contributed by atoms with Crippen molar-refractivity contribution in [2.45, 2.75) is 6.54 Å². The number of hydrogen-bond acceptors (Lipinski definition) is 5. The van der Waals surface area contributed by atoms with Gasteiger partial charge in [0.1, 0.15) is 6.61 Å². The SMILES string of the molecule is COCC(=O)N1CCN(Cc2cc(-c3cccnc3)nn2C)CC1. The second-order valence-electron chi connectivity index (χ2n) is 5.98. The summed E-state index contributed by atoms with van der Waals surface area (Å²) in [4.78, 5) is 20.2. The van der Waals surface area contributed by atoms with Gasteiger partial charge < -0.3 is 9.64 Å². The Balaban J connectivity index is 1.60. The minimum Gasteiger partial charge on any atom is -0.375 e. The average Bonchev–Trinajstić information content (AvgIpc) is 2.97. The van der Waals surface area contributed by atoms with Gasteiger partial charge in [0, 0.05) is 64.8 Å². The van der Waals surface area contributed by atoms with E-state index in [9.17, 15) is 4.79 Å². The van der Waals surface area contributed by atoms with E-state index in [-0.39, 0.29) is 12.5 Å². The van der Waals surface area contributed by atoms with Crippen molar-refractivity contribution < 1.29 is 9.53 Å². The van der Waals surface area contributed by atoms with Crippen molar-refractivity contribution >= 4 is 5.91 Å². The molecule has 0 N–H and O–H groups in total. The summed E-state index contributed by atoms with van der Waals surface area (Å²) in [5.41, 5.74) is 3.12. The number of piperazine rings is 1. The number of carbonyl (C=O) groups is 1. The minimum absolute atomic E-state index is 0.0662. The molecule has 0 atom stereocenters. The van der Waals surface area contributed by atoms with E-state index in [1.54, 1.807) is 13.3 Å². The van der Waals surface area contributed by atoms with Crippen LogP contribution >= 0.6 is 0 Å². The summed E-state index contributed by atoms with van der Waals surface area (Å²) in [6.45, 7) is 4.21. The fourth-order valence-electron chi connectivity index (χ4n) is 2.91. The molecule has 128 valence electrons. The lowest BCUT2D eigenvalue weighted by molar-refractivity contribution is -0.136. The van der Waals surface area contributed by atoms with Crippen LogP contribution in [0.5, 0.6) is 0 Å². The molecular weight excluding hydrogens is 306 g/mol. The average molecular weight is 329 g/mol. The molecule has 0 unspecified atom stereocenters. The van der Waals surface area contributed by atoms with Crippen molar-refractivity contribution in [3.05, 3.63) is 36.3 Å². The van der Waals surface area contributed by atoms with Crippen LogP contribution in [0, 0.1) is 0 Å². The molecule has 3 heterocycles. The number of aromatic nitrogens is 3. The van der Waals surface area contributed by atoms with Crippen molar-refractivity contribution in [3.8, 4) is 11.3 Å². The maximum atomic E-state index is 11.8. The predicted molar refractivity (Wildman–Crippen MR) is 90.2 cm³/mol. The van der Waals surface area contributed by atoms with Crippen LogP contribution in [-0.2, 0) is 23.1 Å². The van der Waals surface area contributed by atoms with Crippen LogP contribution in [0.2, 0.25) is 0 Å². The first kappa shape index (κ1) is 16.6. The Hall–Kier alpha value is -2.25. The maximum absolute atomic E-state index is 11.8. The first-order valence-electron chi connectivity index (χ1n) is 8.10. The van der Waals surface area contributed by atoms with E-state index < -0.39 is 0 Å². The normalized spacial score (nSPS) is 15.7. The summed E-state index contributed by atoms with van der Waals surface area (Å²) in [5.74, 6) is 0.0662. The van der Waals surface area contributed by atoms with E-state index in [0.717, 1.165) is 49.7 Å². The molecule has 1 amide bonds. The number of rotatable bonds is 5. The summed E-state index contributed by atoms with van der Waals surface area (Å²) in [7, 11) is 3.52. The number of hydrogen-bond donors (Lipinski definition) is 0. The van der Waals surface area contributed by atoms with Crippen LogP contribution in [0.4, 0.5) is 0 Å². The lowest BCUT2D eigenvalue weighted by Gasteiger charge is -2.34. The lowest BCUT2D eigenvalue weighted by Crippen LogP contribution is -2.49. The van der Waals surface area contributed by atoms with Crippen LogP contribution < -0.4 is 0 Å². The van der Waals surface area contributed by atoms with Gasteiger partial charge in [-0.25, -0.2) is 0 Å². The van der Waals surface area contributed by atoms with Crippen LogP contribution in [0.15, 0.2) is 30.6 Å². The zero-order valence-electron chi connectivity index (χ0n) is 14.2. The molecular formula is C17H23N5O2. The van der Waals surface area contributed by atoms with E-state index >= 15 is 0 Å². The van der Waals surface area contributed by atoms with Gasteiger partial charge in [-0.2, -0.15) is 5.10 Å². The van der Waals surface area contributed by atoms with Gasteiger partial charge in [-0.1, -0.05) is 0 Å². The Bertz CT molecular complexity index is 678. The van der Waals surface area contributed by atoms with Crippen molar-refractivity contribution in [1.29, 1.82) is 0 Å². The zero-order valence-corrected chi connectivity index (χ0v) is 14.2. The van der Waals surface area contributed by atoms with E-state index in [4.69, 9.17) is 4.74 Å². The third-order valence-corrected chi connectivity index (χ3v) is 4.31. The second-order valence-corrected chi connectivity index (χ2v) is 5.98. The molecule has 7 heteroatoms.